The van der Waals surface area contributed by atoms with Crippen molar-refractivity contribution in [2.75, 3.05) is 20.3 Å². The van der Waals surface area contributed by atoms with E-state index in [-0.39, 0.29) is 12.0 Å². The van der Waals surface area contributed by atoms with Crippen molar-refractivity contribution >= 4 is 11.9 Å². The number of rotatable bonds is 6. The van der Waals surface area contributed by atoms with Gasteiger partial charge in [-0.05, 0) is 40.0 Å². The molecule has 0 spiro atoms. The van der Waals surface area contributed by atoms with E-state index >= 15 is 0 Å². The third kappa shape index (κ3) is 5.09. The number of ether oxygens (including phenoxy) is 3. The number of carbonyl (C=O) groups is 2. The highest BCUT2D eigenvalue weighted by Crippen LogP contribution is 2.13. The first kappa shape index (κ1) is 16.9. The summed E-state index contributed by atoms with van der Waals surface area (Å²) in [5, 5.41) is 2.62. The van der Waals surface area contributed by atoms with Gasteiger partial charge in [-0.15, -0.1) is 0 Å². The fourth-order valence-corrected chi connectivity index (χ4v) is 1.98. The largest absolute Gasteiger partial charge is 0.467 e. The smallest absolute Gasteiger partial charge is 0.330 e. The van der Waals surface area contributed by atoms with Crippen molar-refractivity contribution in [3.05, 3.63) is 0 Å². The number of esters is 1. The van der Waals surface area contributed by atoms with E-state index in [1.165, 1.54) is 7.11 Å². The van der Waals surface area contributed by atoms with Crippen LogP contribution in [-0.4, -0.2) is 49.9 Å². The topological polar surface area (TPSA) is 73.9 Å². The Morgan fingerprint density at radius 3 is 2.65 bits per heavy atom. The molecule has 0 unspecified atom stereocenters. The lowest BCUT2D eigenvalue weighted by molar-refractivity contribution is -0.151. The highest BCUT2D eigenvalue weighted by molar-refractivity contribution is 5.89. The van der Waals surface area contributed by atoms with E-state index in [1.54, 1.807) is 20.8 Å². The SMILES string of the molecule is COC(=O)C(C)(C)NC(=O)[C@H](C)OC[C@@H]1CCCCO1. The third-order valence-electron chi connectivity index (χ3n) is 3.31. The monoisotopic (exact) mass is 287 g/mol. The van der Waals surface area contributed by atoms with E-state index in [9.17, 15) is 9.59 Å². The maximum atomic E-state index is 12.0. The van der Waals surface area contributed by atoms with Gasteiger partial charge in [-0.3, -0.25) is 4.79 Å². The van der Waals surface area contributed by atoms with Crippen molar-refractivity contribution in [1.29, 1.82) is 0 Å². The van der Waals surface area contributed by atoms with Gasteiger partial charge >= 0.3 is 5.97 Å². The van der Waals surface area contributed by atoms with Crippen LogP contribution in [0.2, 0.25) is 0 Å². The Hall–Kier alpha value is -1.14. The van der Waals surface area contributed by atoms with Crippen molar-refractivity contribution in [1.82, 2.24) is 5.32 Å². The van der Waals surface area contributed by atoms with Crippen LogP contribution < -0.4 is 5.32 Å². The van der Waals surface area contributed by atoms with Gasteiger partial charge in [0.1, 0.15) is 11.6 Å². The summed E-state index contributed by atoms with van der Waals surface area (Å²) in [5.41, 5.74) is -1.06. The summed E-state index contributed by atoms with van der Waals surface area (Å²) >= 11 is 0. The molecule has 6 heteroatoms. The Labute approximate surface area is 120 Å². The molecule has 1 aliphatic rings. The predicted octanol–water partition coefficient (Wildman–Crippen LogP) is 1.03. The van der Waals surface area contributed by atoms with E-state index in [0.29, 0.717) is 6.61 Å². The number of nitrogens with one attached hydrogen (secondary N) is 1. The van der Waals surface area contributed by atoms with Crippen LogP contribution in [0.25, 0.3) is 0 Å². The number of carbonyl (C=O) groups excluding carboxylic acids is 2. The van der Waals surface area contributed by atoms with E-state index in [4.69, 9.17) is 9.47 Å². The number of hydrogen-bond donors (Lipinski definition) is 1. The second kappa shape index (κ2) is 7.59. The molecule has 2 atom stereocenters. The molecule has 6 nitrogen and oxygen atoms in total. The zero-order chi connectivity index (χ0) is 15.2. The van der Waals surface area contributed by atoms with Crippen LogP contribution in [0.4, 0.5) is 0 Å². The maximum absolute atomic E-state index is 12.0. The van der Waals surface area contributed by atoms with Crippen LogP contribution in [0.3, 0.4) is 0 Å². The van der Waals surface area contributed by atoms with Crippen LogP contribution in [0.1, 0.15) is 40.0 Å². The molecule has 0 bridgehead atoms. The third-order valence-corrected chi connectivity index (χ3v) is 3.31. The van der Waals surface area contributed by atoms with Crippen molar-refractivity contribution in [3.63, 3.8) is 0 Å². The molecular formula is C14H25NO5. The number of amides is 1. The second-order valence-electron chi connectivity index (χ2n) is 5.57. The quantitative estimate of drug-likeness (QED) is 0.739. The Morgan fingerprint density at radius 2 is 2.10 bits per heavy atom. The Balaban J connectivity index is 2.36. The molecule has 1 rings (SSSR count). The molecule has 0 aromatic heterocycles. The van der Waals surface area contributed by atoms with E-state index in [1.807, 2.05) is 0 Å². The summed E-state index contributed by atoms with van der Waals surface area (Å²) in [6, 6.07) is 0. The molecule has 1 fully saturated rings. The number of methoxy groups -OCH3 is 1. The minimum atomic E-state index is -1.06. The Morgan fingerprint density at radius 1 is 1.40 bits per heavy atom. The lowest BCUT2D eigenvalue weighted by Gasteiger charge is -2.27. The summed E-state index contributed by atoms with van der Waals surface area (Å²) in [6.45, 7) is 5.99. The van der Waals surface area contributed by atoms with Gasteiger partial charge in [-0.25, -0.2) is 4.79 Å². The second-order valence-corrected chi connectivity index (χ2v) is 5.57. The minimum Gasteiger partial charge on any atom is -0.467 e. The lowest BCUT2D eigenvalue weighted by atomic mass is 10.1. The summed E-state index contributed by atoms with van der Waals surface area (Å²) in [5.74, 6) is -0.829. The Kier molecular flexibility index (Phi) is 6.42. The van der Waals surface area contributed by atoms with Gasteiger partial charge in [-0.2, -0.15) is 0 Å². The van der Waals surface area contributed by atoms with E-state index in [0.717, 1.165) is 25.9 Å². The van der Waals surface area contributed by atoms with Crippen LogP contribution in [0.15, 0.2) is 0 Å². The molecular weight excluding hydrogens is 262 g/mol. The van der Waals surface area contributed by atoms with Crippen LogP contribution in [0.5, 0.6) is 0 Å². The van der Waals surface area contributed by atoms with Gasteiger partial charge in [0.05, 0.1) is 19.8 Å². The van der Waals surface area contributed by atoms with Crippen molar-refractivity contribution in [2.45, 2.75) is 57.8 Å². The van der Waals surface area contributed by atoms with Gasteiger partial charge in [0, 0.05) is 6.61 Å². The van der Waals surface area contributed by atoms with Crippen LogP contribution in [-0.2, 0) is 23.8 Å². The fraction of sp³-hybridized carbons (Fsp3) is 0.857. The molecule has 20 heavy (non-hydrogen) atoms. The zero-order valence-corrected chi connectivity index (χ0v) is 12.7. The highest BCUT2D eigenvalue weighted by atomic mass is 16.5. The molecule has 1 aliphatic heterocycles. The van der Waals surface area contributed by atoms with Crippen molar-refractivity contribution in [3.8, 4) is 0 Å². The molecule has 0 radical (unpaired) electrons. The lowest BCUT2D eigenvalue weighted by Crippen LogP contribution is -2.53. The normalized spacial score (nSPS) is 21.1. The summed E-state index contributed by atoms with van der Waals surface area (Å²) in [6.07, 6.45) is 2.60. The predicted molar refractivity (Wildman–Crippen MR) is 73.2 cm³/mol. The molecule has 0 aliphatic carbocycles. The molecule has 1 saturated heterocycles. The fourth-order valence-electron chi connectivity index (χ4n) is 1.98. The molecule has 116 valence electrons. The van der Waals surface area contributed by atoms with E-state index < -0.39 is 17.6 Å². The van der Waals surface area contributed by atoms with Crippen LogP contribution >= 0.6 is 0 Å². The van der Waals surface area contributed by atoms with Crippen molar-refractivity contribution < 1.29 is 23.8 Å². The van der Waals surface area contributed by atoms with Gasteiger partial charge in [0.2, 0.25) is 5.91 Å². The molecule has 0 aromatic carbocycles. The first-order valence-electron chi connectivity index (χ1n) is 7.00. The summed E-state index contributed by atoms with van der Waals surface area (Å²) in [4.78, 5) is 23.5. The molecule has 0 saturated carbocycles. The van der Waals surface area contributed by atoms with Gasteiger partial charge < -0.3 is 19.5 Å². The molecule has 0 aromatic rings. The number of hydrogen-bond acceptors (Lipinski definition) is 5. The summed E-state index contributed by atoms with van der Waals surface area (Å²) in [7, 11) is 1.29. The van der Waals surface area contributed by atoms with Crippen molar-refractivity contribution in [2.24, 2.45) is 0 Å². The first-order chi connectivity index (χ1) is 9.36. The summed E-state index contributed by atoms with van der Waals surface area (Å²) < 4.78 is 15.7. The maximum Gasteiger partial charge on any atom is 0.330 e. The Bertz CT molecular complexity index is 336. The zero-order valence-electron chi connectivity index (χ0n) is 12.7. The van der Waals surface area contributed by atoms with Gasteiger partial charge in [0.15, 0.2) is 0 Å². The first-order valence-corrected chi connectivity index (χ1v) is 7.00. The highest BCUT2D eigenvalue weighted by Gasteiger charge is 2.32. The van der Waals surface area contributed by atoms with Gasteiger partial charge in [-0.1, -0.05) is 0 Å². The molecule has 1 heterocycles. The van der Waals surface area contributed by atoms with Gasteiger partial charge in [0.25, 0.3) is 0 Å². The molecule has 1 amide bonds. The van der Waals surface area contributed by atoms with E-state index in [2.05, 4.69) is 10.1 Å². The molecule has 1 N–H and O–H groups in total. The minimum absolute atomic E-state index is 0.0626. The standard InChI is InChI=1S/C14H25NO5/c1-10(20-9-11-7-5-6-8-19-11)12(16)15-14(2,3)13(17)18-4/h10-11H,5-9H2,1-4H3,(H,15,16)/t10-,11-/m0/s1. The average molecular weight is 287 g/mol. The average Bonchev–Trinajstić information content (AvgIpc) is 2.44. The van der Waals surface area contributed by atoms with Crippen LogP contribution in [0, 0.1) is 0 Å².